The molecule has 5 heteroatoms. The van der Waals surface area contributed by atoms with Crippen LogP contribution in [-0.2, 0) is 0 Å². The standard InChI is InChI=1S/C11H17ClN2O2/c1-11(2,3)6-8(12)7-13-10(15)9-4-5-16-14-9/h4-5,8H,6-7H2,1-3H3,(H,13,15). The molecule has 0 aliphatic rings. The summed E-state index contributed by atoms with van der Waals surface area (Å²) in [5.74, 6) is -0.256. The molecule has 90 valence electrons. The summed E-state index contributed by atoms with van der Waals surface area (Å²) >= 11 is 6.11. The molecule has 1 amide bonds. The number of hydrogen-bond donors (Lipinski definition) is 1. The minimum atomic E-state index is -0.256. The van der Waals surface area contributed by atoms with Crippen LogP contribution in [0.4, 0.5) is 0 Å². The lowest BCUT2D eigenvalue weighted by atomic mass is 9.90. The van der Waals surface area contributed by atoms with Gasteiger partial charge in [0.15, 0.2) is 5.69 Å². The number of nitrogens with one attached hydrogen (secondary N) is 1. The highest BCUT2D eigenvalue weighted by molar-refractivity contribution is 6.21. The Morgan fingerprint density at radius 3 is 2.81 bits per heavy atom. The van der Waals surface area contributed by atoms with Crippen molar-refractivity contribution in [3.05, 3.63) is 18.0 Å². The van der Waals surface area contributed by atoms with Crippen LogP contribution in [0.5, 0.6) is 0 Å². The van der Waals surface area contributed by atoms with Gasteiger partial charge in [-0.3, -0.25) is 4.79 Å². The molecule has 1 heterocycles. The summed E-state index contributed by atoms with van der Waals surface area (Å²) in [5.41, 5.74) is 0.435. The molecule has 16 heavy (non-hydrogen) atoms. The van der Waals surface area contributed by atoms with Crippen molar-refractivity contribution in [1.82, 2.24) is 10.5 Å². The molecule has 0 saturated carbocycles. The number of halogens is 1. The molecule has 0 aliphatic heterocycles. The van der Waals surface area contributed by atoms with Gasteiger partial charge in [-0.1, -0.05) is 25.9 Å². The van der Waals surface area contributed by atoms with E-state index in [1.165, 1.54) is 12.3 Å². The lowest BCUT2D eigenvalue weighted by Crippen LogP contribution is -2.31. The molecule has 4 nitrogen and oxygen atoms in total. The molecule has 1 rings (SSSR count). The van der Waals surface area contributed by atoms with Crippen molar-refractivity contribution < 1.29 is 9.32 Å². The molecule has 0 saturated heterocycles. The lowest BCUT2D eigenvalue weighted by molar-refractivity contribution is 0.0943. The Hall–Kier alpha value is -1.03. The monoisotopic (exact) mass is 244 g/mol. The smallest absolute Gasteiger partial charge is 0.273 e. The van der Waals surface area contributed by atoms with E-state index in [2.05, 4.69) is 35.8 Å². The Morgan fingerprint density at radius 2 is 2.31 bits per heavy atom. The van der Waals surface area contributed by atoms with Crippen LogP contribution in [-0.4, -0.2) is 23.0 Å². The third-order valence-electron chi connectivity index (χ3n) is 1.99. The summed E-state index contributed by atoms with van der Waals surface area (Å²) in [7, 11) is 0. The Bertz CT molecular complexity index is 330. The van der Waals surface area contributed by atoms with Crippen LogP contribution in [0.3, 0.4) is 0 Å². The SMILES string of the molecule is CC(C)(C)CC(Cl)CNC(=O)c1ccon1. The predicted molar refractivity (Wildman–Crippen MR) is 62.5 cm³/mol. The number of carbonyl (C=O) groups is 1. The van der Waals surface area contributed by atoms with E-state index in [1.807, 2.05) is 0 Å². The molecule has 0 aliphatic carbocycles. The van der Waals surface area contributed by atoms with Crippen molar-refractivity contribution in [2.75, 3.05) is 6.54 Å². The third-order valence-corrected chi connectivity index (χ3v) is 2.30. The van der Waals surface area contributed by atoms with Gasteiger partial charge in [-0.2, -0.15) is 0 Å². The van der Waals surface area contributed by atoms with Crippen molar-refractivity contribution in [2.24, 2.45) is 5.41 Å². The van der Waals surface area contributed by atoms with Crippen molar-refractivity contribution in [1.29, 1.82) is 0 Å². The molecule has 0 spiro atoms. The summed E-state index contributed by atoms with van der Waals surface area (Å²) in [4.78, 5) is 11.5. The van der Waals surface area contributed by atoms with E-state index in [-0.39, 0.29) is 22.4 Å². The predicted octanol–water partition coefficient (Wildman–Crippen LogP) is 2.45. The molecule has 1 aromatic rings. The van der Waals surface area contributed by atoms with Crippen LogP contribution in [0.2, 0.25) is 0 Å². The van der Waals surface area contributed by atoms with Gasteiger partial charge in [0, 0.05) is 12.6 Å². The minimum Gasteiger partial charge on any atom is -0.364 e. The first-order chi connectivity index (χ1) is 7.38. The fraction of sp³-hybridized carbons (Fsp3) is 0.636. The molecule has 0 radical (unpaired) electrons. The summed E-state index contributed by atoms with van der Waals surface area (Å²) < 4.78 is 4.58. The quantitative estimate of drug-likeness (QED) is 0.828. The lowest BCUT2D eigenvalue weighted by Gasteiger charge is -2.21. The largest absolute Gasteiger partial charge is 0.364 e. The highest BCUT2D eigenvalue weighted by Gasteiger charge is 2.18. The Labute approximate surface area is 100 Å². The maximum atomic E-state index is 11.5. The van der Waals surface area contributed by atoms with Crippen LogP contribution >= 0.6 is 11.6 Å². The molecule has 1 atom stereocenters. The first-order valence-electron chi connectivity index (χ1n) is 5.21. The molecular formula is C11H17ClN2O2. The van der Waals surface area contributed by atoms with Gasteiger partial charge < -0.3 is 9.84 Å². The number of amides is 1. The van der Waals surface area contributed by atoms with E-state index in [1.54, 1.807) is 0 Å². The van der Waals surface area contributed by atoms with Gasteiger partial charge >= 0.3 is 0 Å². The first kappa shape index (κ1) is 13.0. The second-order valence-corrected chi connectivity index (χ2v) is 5.57. The zero-order valence-electron chi connectivity index (χ0n) is 9.79. The Kier molecular flexibility index (Phi) is 4.35. The van der Waals surface area contributed by atoms with Crippen molar-refractivity contribution in [2.45, 2.75) is 32.6 Å². The number of nitrogens with zero attached hydrogens (tertiary/aromatic N) is 1. The maximum absolute atomic E-state index is 11.5. The van der Waals surface area contributed by atoms with Crippen LogP contribution < -0.4 is 5.32 Å². The average Bonchev–Trinajstić information content (AvgIpc) is 2.64. The number of carbonyl (C=O) groups excluding carboxylic acids is 1. The van der Waals surface area contributed by atoms with E-state index in [9.17, 15) is 4.79 Å². The van der Waals surface area contributed by atoms with Gasteiger partial charge in [-0.25, -0.2) is 0 Å². The topological polar surface area (TPSA) is 55.1 Å². The fourth-order valence-corrected chi connectivity index (χ4v) is 1.90. The number of aromatic nitrogens is 1. The van der Waals surface area contributed by atoms with E-state index in [4.69, 9.17) is 11.6 Å². The van der Waals surface area contributed by atoms with Crippen LogP contribution in [0.25, 0.3) is 0 Å². The zero-order chi connectivity index (χ0) is 12.2. The molecule has 1 unspecified atom stereocenters. The second kappa shape index (κ2) is 5.34. The van der Waals surface area contributed by atoms with E-state index in [0.717, 1.165) is 6.42 Å². The van der Waals surface area contributed by atoms with Gasteiger partial charge in [-0.15, -0.1) is 11.6 Å². The van der Waals surface area contributed by atoms with Gasteiger partial charge in [-0.05, 0) is 11.8 Å². The first-order valence-corrected chi connectivity index (χ1v) is 5.65. The van der Waals surface area contributed by atoms with Crippen molar-refractivity contribution >= 4 is 17.5 Å². The van der Waals surface area contributed by atoms with E-state index >= 15 is 0 Å². The van der Waals surface area contributed by atoms with Gasteiger partial charge in [0.1, 0.15) is 6.26 Å². The number of rotatable bonds is 4. The third kappa shape index (κ3) is 4.66. The zero-order valence-corrected chi connectivity index (χ0v) is 10.5. The Morgan fingerprint density at radius 1 is 1.62 bits per heavy atom. The average molecular weight is 245 g/mol. The highest BCUT2D eigenvalue weighted by atomic mass is 35.5. The number of alkyl halides is 1. The minimum absolute atomic E-state index is 0.0733. The second-order valence-electron chi connectivity index (χ2n) is 4.96. The van der Waals surface area contributed by atoms with Gasteiger partial charge in [0.2, 0.25) is 0 Å². The van der Waals surface area contributed by atoms with E-state index < -0.39 is 0 Å². The van der Waals surface area contributed by atoms with Crippen molar-refractivity contribution in [3.63, 3.8) is 0 Å². The highest BCUT2D eigenvalue weighted by Crippen LogP contribution is 2.23. The van der Waals surface area contributed by atoms with E-state index in [0.29, 0.717) is 6.54 Å². The molecule has 1 aromatic heterocycles. The van der Waals surface area contributed by atoms with Crippen LogP contribution in [0.1, 0.15) is 37.7 Å². The van der Waals surface area contributed by atoms with Gasteiger partial charge in [0.25, 0.3) is 5.91 Å². The molecule has 1 N–H and O–H groups in total. The number of hydrogen-bond acceptors (Lipinski definition) is 3. The summed E-state index contributed by atoms with van der Waals surface area (Å²) in [6.45, 7) is 6.77. The molecule has 0 aromatic carbocycles. The Balaban J connectivity index is 2.32. The summed E-state index contributed by atoms with van der Waals surface area (Å²) in [6.07, 6.45) is 2.20. The van der Waals surface area contributed by atoms with Crippen LogP contribution in [0, 0.1) is 5.41 Å². The fourth-order valence-electron chi connectivity index (χ4n) is 1.36. The maximum Gasteiger partial charge on any atom is 0.273 e. The summed E-state index contributed by atoms with van der Waals surface area (Å²) in [6, 6.07) is 1.52. The molecule has 0 bridgehead atoms. The van der Waals surface area contributed by atoms with Crippen LogP contribution in [0.15, 0.2) is 16.9 Å². The molecule has 0 fully saturated rings. The normalized spacial score (nSPS) is 13.5. The van der Waals surface area contributed by atoms with Crippen molar-refractivity contribution in [3.8, 4) is 0 Å². The molecular weight excluding hydrogens is 228 g/mol. The van der Waals surface area contributed by atoms with Gasteiger partial charge in [0.05, 0.1) is 5.38 Å². The summed E-state index contributed by atoms with van der Waals surface area (Å²) in [5, 5.41) is 6.18.